The third-order valence-electron chi connectivity index (χ3n) is 5.61. The number of hydrogen-bond acceptors (Lipinski definition) is 4. The predicted octanol–water partition coefficient (Wildman–Crippen LogP) is 5.27. The number of aromatic nitrogens is 3. The highest BCUT2D eigenvalue weighted by Crippen LogP contribution is 2.36. The van der Waals surface area contributed by atoms with Gasteiger partial charge in [0, 0.05) is 19.2 Å². The van der Waals surface area contributed by atoms with Gasteiger partial charge in [-0.25, -0.2) is 18.6 Å². The fourth-order valence-corrected chi connectivity index (χ4v) is 3.72. The first-order valence-corrected chi connectivity index (χ1v) is 10.6. The van der Waals surface area contributed by atoms with Gasteiger partial charge in [0.15, 0.2) is 5.69 Å². The molecule has 0 atom stereocenters. The number of aromatic amines is 1. The highest BCUT2D eigenvalue weighted by molar-refractivity contribution is 5.93. The zero-order valence-electron chi connectivity index (χ0n) is 18.2. The number of pyridine rings is 1. The SMILES string of the molecule is [C-]#[N+]c1cc(F)cc(-c2ccc(C(=O)N(C)Cc3ccc(F)c4cn[nH]c34)nc2OC2CC2)c1. The Bertz CT molecular complexity index is 1460. The normalized spacial score (nSPS) is 13.0. The summed E-state index contributed by atoms with van der Waals surface area (Å²) in [6.07, 6.45) is 3.15. The van der Waals surface area contributed by atoms with Gasteiger partial charge in [0.25, 0.3) is 5.91 Å². The van der Waals surface area contributed by atoms with Crippen LogP contribution in [-0.4, -0.2) is 39.1 Å². The maximum absolute atomic E-state index is 14.0. The number of carbonyl (C=O) groups excluding carboxylic acids is 1. The first kappa shape index (κ1) is 21.5. The van der Waals surface area contributed by atoms with Gasteiger partial charge in [-0.05, 0) is 60.4 Å². The fraction of sp³-hybridized carbons (Fsp3) is 0.200. The van der Waals surface area contributed by atoms with E-state index in [0.717, 1.165) is 18.9 Å². The van der Waals surface area contributed by atoms with Crippen LogP contribution < -0.4 is 4.74 Å². The second-order valence-corrected chi connectivity index (χ2v) is 8.20. The van der Waals surface area contributed by atoms with Crippen LogP contribution in [0.5, 0.6) is 5.88 Å². The summed E-state index contributed by atoms with van der Waals surface area (Å²) in [6.45, 7) is 7.40. The van der Waals surface area contributed by atoms with Crippen LogP contribution in [-0.2, 0) is 6.54 Å². The number of nitrogens with one attached hydrogen (secondary N) is 1. The lowest BCUT2D eigenvalue weighted by atomic mass is 10.1. The molecule has 4 aromatic rings. The Labute approximate surface area is 193 Å². The number of benzene rings is 2. The summed E-state index contributed by atoms with van der Waals surface area (Å²) in [7, 11) is 1.62. The predicted molar refractivity (Wildman–Crippen MR) is 121 cm³/mol. The van der Waals surface area contributed by atoms with Gasteiger partial charge in [0.2, 0.25) is 5.88 Å². The molecule has 0 spiro atoms. The van der Waals surface area contributed by atoms with Gasteiger partial charge in [-0.15, -0.1) is 0 Å². The van der Waals surface area contributed by atoms with Crippen LogP contribution in [0.15, 0.2) is 48.7 Å². The van der Waals surface area contributed by atoms with Gasteiger partial charge in [0.05, 0.1) is 23.7 Å². The van der Waals surface area contributed by atoms with Gasteiger partial charge in [-0.2, -0.15) is 5.10 Å². The smallest absolute Gasteiger partial charge is 0.272 e. The molecule has 0 saturated heterocycles. The van der Waals surface area contributed by atoms with Crippen molar-refractivity contribution in [1.29, 1.82) is 0 Å². The van der Waals surface area contributed by atoms with Crippen molar-refractivity contribution in [3.63, 3.8) is 0 Å². The molecule has 1 aliphatic carbocycles. The molecule has 170 valence electrons. The van der Waals surface area contributed by atoms with Crippen LogP contribution in [0.4, 0.5) is 14.5 Å². The quantitative estimate of drug-likeness (QED) is 0.399. The number of carbonyl (C=O) groups is 1. The Hall–Kier alpha value is -4.32. The number of rotatable bonds is 6. The summed E-state index contributed by atoms with van der Waals surface area (Å²) in [6, 6.07) is 10.2. The van der Waals surface area contributed by atoms with Crippen molar-refractivity contribution >= 4 is 22.5 Å². The summed E-state index contributed by atoms with van der Waals surface area (Å²) in [4.78, 5) is 22.4. The van der Waals surface area contributed by atoms with E-state index < -0.39 is 5.82 Å². The van der Waals surface area contributed by atoms with E-state index in [-0.39, 0.29) is 41.6 Å². The number of ether oxygens (including phenoxy) is 1. The average molecular weight is 459 g/mol. The highest BCUT2D eigenvalue weighted by Gasteiger charge is 2.27. The second-order valence-electron chi connectivity index (χ2n) is 8.20. The molecule has 1 amide bonds. The van der Waals surface area contributed by atoms with Crippen LogP contribution in [0.3, 0.4) is 0 Å². The standard InChI is InChI=1S/C25H19F2N5O2/c1-28-17-10-15(9-16(26)11-17)19-6-8-22(30-24(19)34-18-4-5-18)25(33)32(2)13-14-3-7-21(27)20-12-29-31-23(14)20/h3,6-12,18H,4-5,13H2,2H3,(H,29,31). The Kier molecular flexibility index (Phi) is 5.42. The minimum Gasteiger partial charge on any atom is -0.474 e. The lowest BCUT2D eigenvalue weighted by Crippen LogP contribution is -2.27. The number of H-pyrrole nitrogens is 1. The first-order valence-electron chi connectivity index (χ1n) is 10.6. The van der Waals surface area contributed by atoms with Crippen molar-refractivity contribution in [3.8, 4) is 17.0 Å². The molecule has 2 aromatic heterocycles. The Balaban J connectivity index is 1.45. The van der Waals surface area contributed by atoms with E-state index in [1.165, 1.54) is 23.2 Å². The minimum atomic E-state index is -0.537. The van der Waals surface area contributed by atoms with Crippen LogP contribution in [0.25, 0.3) is 26.9 Å². The van der Waals surface area contributed by atoms with Gasteiger partial charge in [-0.1, -0.05) is 6.07 Å². The second kappa shape index (κ2) is 8.56. The van der Waals surface area contributed by atoms with E-state index in [9.17, 15) is 13.6 Å². The Morgan fingerprint density at radius 3 is 2.82 bits per heavy atom. The maximum atomic E-state index is 14.0. The third-order valence-corrected chi connectivity index (χ3v) is 5.61. The molecule has 1 fully saturated rings. The van der Waals surface area contributed by atoms with E-state index in [4.69, 9.17) is 11.3 Å². The molecule has 7 nitrogen and oxygen atoms in total. The van der Waals surface area contributed by atoms with Gasteiger partial charge in [-0.3, -0.25) is 9.89 Å². The molecular formula is C25H19F2N5O2. The van der Waals surface area contributed by atoms with Crippen molar-refractivity contribution in [2.45, 2.75) is 25.5 Å². The number of halogens is 2. The lowest BCUT2D eigenvalue weighted by molar-refractivity contribution is 0.0778. The van der Waals surface area contributed by atoms with E-state index in [2.05, 4.69) is 20.0 Å². The van der Waals surface area contributed by atoms with E-state index in [1.807, 2.05) is 0 Å². The first-order chi connectivity index (χ1) is 16.4. The minimum absolute atomic E-state index is 0.00361. The molecule has 9 heteroatoms. The van der Waals surface area contributed by atoms with Gasteiger partial charge < -0.3 is 9.64 Å². The van der Waals surface area contributed by atoms with Crippen molar-refractivity contribution in [2.75, 3.05) is 7.05 Å². The summed E-state index contributed by atoms with van der Waals surface area (Å²) in [5, 5.41) is 7.02. The van der Waals surface area contributed by atoms with E-state index >= 15 is 0 Å². The zero-order chi connectivity index (χ0) is 23.8. The third kappa shape index (κ3) is 4.18. The molecular weight excluding hydrogens is 440 g/mol. The molecule has 0 bridgehead atoms. The molecule has 2 heterocycles. The largest absolute Gasteiger partial charge is 0.474 e. The summed E-state index contributed by atoms with van der Waals surface area (Å²) >= 11 is 0. The van der Waals surface area contributed by atoms with Crippen LogP contribution in [0.1, 0.15) is 28.9 Å². The zero-order valence-corrected chi connectivity index (χ0v) is 18.2. The average Bonchev–Trinajstić information content (AvgIpc) is 3.50. The van der Waals surface area contributed by atoms with Crippen LogP contribution in [0, 0.1) is 18.2 Å². The van der Waals surface area contributed by atoms with Gasteiger partial charge in [0.1, 0.15) is 23.4 Å². The van der Waals surface area contributed by atoms with Crippen molar-refractivity contribution < 1.29 is 18.3 Å². The Morgan fingerprint density at radius 1 is 1.24 bits per heavy atom. The molecule has 0 radical (unpaired) electrons. The molecule has 1 aliphatic rings. The monoisotopic (exact) mass is 459 g/mol. The van der Waals surface area contributed by atoms with Crippen molar-refractivity contribution in [3.05, 3.63) is 83.0 Å². The van der Waals surface area contributed by atoms with E-state index in [1.54, 1.807) is 31.3 Å². The number of amides is 1. The molecule has 1 N–H and O–H groups in total. The molecule has 2 aromatic carbocycles. The topological polar surface area (TPSA) is 75.5 Å². The molecule has 0 unspecified atom stereocenters. The number of hydrogen-bond donors (Lipinski definition) is 1. The summed E-state index contributed by atoms with van der Waals surface area (Å²) in [5.41, 5.74) is 2.52. The molecule has 1 saturated carbocycles. The number of nitrogens with zero attached hydrogens (tertiary/aromatic N) is 4. The fourth-order valence-electron chi connectivity index (χ4n) is 3.72. The van der Waals surface area contributed by atoms with Crippen LogP contribution in [0.2, 0.25) is 0 Å². The van der Waals surface area contributed by atoms with Crippen molar-refractivity contribution in [2.24, 2.45) is 0 Å². The molecule has 5 rings (SSSR count). The van der Waals surface area contributed by atoms with E-state index in [0.29, 0.717) is 27.6 Å². The van der Waals surface area contributed by atoms with Gasteiger partial charge >= 0.3 is 0 Å². The summed E-state index contributed by atoms with van der Waals surface area (Å²) < 4.78 is 33.9. The molecule has 34 heavy (non-hydrogen) atoms. The molecule has 0 aliphatic heterocycles. The maximum Gasteiger partial charge on any atom is 0.272 e. The van der Waals surface area contributed by atoms with Crippen LogP contribution >= 0.6 is 0 Å². The van der Waals surface area contributed by atoms with Crippen molar-refractivity contribution in [1.82, 2.24) is 20.1 Å². The Morgan fingerprint density at radius 2 is 2.06 bits per heavy atom. The highest BCUT2D eigenvalue weighted by atomic mass is 19.1. The lowest BCUT2D eigenvalue weighted by Gasteiger charge is -2.19. The number of fused-ring (bicyclic) bond motifs is 1. The summed E-state index contributed by atoms with van der Waals surface area (Å²) in [5.74, 6) is -1.06.